The fourth-order valence-corrected chi connectivity index (χ4v) is 2.91. The zero-order valence-electron chi connectivity index (χ0n) is 13.4. The molecule has 9 heteroatoms. The van der Waals surface area contributed by atoms with Crippen LogP contribution in [-0.2, 0) is 6.54 Å². The number of carbonyl (C=O) groups is 1. The van der Waals surface area contributed by atoms with Crippen molar-refractivity contribution in [2.24, 2.45) is 0 Å². The molecule has 0 aliphatic heterocycles. The van der Waals surface area contributed by atoms with Gasteiger partial charge in [-0.3, -0.25) is 13.8 Å². The second-order valence-corrected chi connectivity index (χ2v) is 5.91. The first kappa shape index (κ1) is 16.2. The number of benzene rings is 1. The largest absolute Gasteiger partial charge is 0.343 e. The average molecular weight is 368 g/mol. The quantitative estimate of drug-likeness (QED) is 0.543. The molecule has 0 atom stereocenters. The maximum atomic E-state index is 13.2. The Bertz CT molecular complexity index is 1140. The van der Waals surface area contributed by atoms with Crippen molar-refractivity contribution < 1.29 is 9.18 Å². The minimum Gasteiger partial charge on any atom is -0.343 e. The van der Waals surface area contributed by atoms with Crippen LogP contribution >= 0.6 is 12.2 Å². The van der Waals surface area contributed by atoms with Gasteiger partial charge in [0.05, 0.1) is 6.54 Å². The lowest BCUT2D eigenvalue weighted by atomic mass is 10.3. The SMILES string of the molecule is O=C(NCc1nnc2ccccn12)c1c[nH]c(=S)n1-c1ccc(F)cc1. The highest BCUT2D eigenvalue weighted by atomic mass is 32.1. The molecule has 2 N–H and O–H groups in total. The molecule has 130 valence electrons. The molecule has 0 aliphatic rings. The standard InChI is InChI=1S/C17H13FN6OS/c18-11-4-6-12(7-5-11)24-13(9-20-17(24)26)16(25)19-10-15-22-21-14-3-1-2-8-23(14)15/h1-9H,10H2,(H,19,25)(H,20,26). The number of pyridine rings is 1. The Balaban J connectivity index is 1.59. The van der Waals surface area contributed by atoms with Crippen molar-refractivity contribution in [2.75, 3.05) is 0 Å². The highest BCUT2D eigenvalue weighted by molar-refractivity contribution is 7.71. The second kappa shape index (κ2) is 6.52. The van der Waals surface area contributed by atoms with Crippen LogP contribution in [0.5, 0.6) is 0 Å². The van der Waals surface area contributed by atoms with E-state index < -0.39 is 0 Å². The zero-order chi connectivity index (χ0) is 18.1. The molecular weight excluding hydrogens is 355 g/mol. The van der Waals surface area contributed by atoms with Gasteiger partial charge in [0, 0.05) is 18.1 Å². The number of aromatic amines is 1. The van der Waals surface area contributed by atoms with Gasteiger partial charge in [-0.2, -0.15) is 0 Å². The Morgan fingerprint density at radius 2 is 2.00 bits per heavy atom. The lowest BCUT2D eigenvalue weighted by molar-refractivity contribution is 0.0943. The van der Waals surface area contributed by atoms with E-state index in [1.807, 2.05) is 24.4 Å². The fourth-order valence-electron chi connectivity index (χ4n) is 2.64. The highest BCUT2D eigenvalue weighted by Crippen LogP contribution is 2.14. The zero-order valence-corrected chi connectivity index (χ0v) is 14.2. The van der Waals surface area contributed by atoms with E-state index in [1.165, 1.54) is 18.3 Å². The molecule has 4 rings (SSSR count). The van der Waals surface area contributed by atoms with Gasteiger partial charge in [0.15, 0.2) is 16.2 Å². The van der Waals surface area contributed by atoms with Crippen LogP contribution in [0.2, 0.25) is 0 Å². The number of fused-ring (bicyclic) bond motifs is 1. The number of rotatable bonds is 4. The van der Waals surface area contributed by atoms with Crippen molar-refractivity contribution >= 4 is 23.8 Å². The third-order valence-corrected chi connectivity index (χ3v) is 4.19. The smallest absolute Gasteiger partial charge is 0.270 e. The molecule has 0 saturated heterocycles. The Morgan fingerprint density at radius 1 is 1.19 bits per heavy atom. The summed E-state index contributed by atoms with van der Waals surface area (Å²) < 4.78 is 16.8. The van der Waals surface area contributed by atoms with E-state index in [0.717, 1.165) is 0 Å². The number of nitrogens with one attached hydrogen (secondary N) is 2. The molecule has 3 aromatic heterocycles. The van der Waals surface area contributed by atoms with E-state index in [2.05, 4.69) is 20.5 Å². The van der Waals surface area contributed by atoms with Crippen LogP contribution < -0.4 is 5.32 Å². The number of H-pyrrole nitrogens is 1. The molecule has 0 spiro atoms. The summed E-state index contributed by atoms with van der Waals surface area (Å²) in [7, 11) is 0. The van der Waals surface area contributed by atoms with Crippen molar-refractivity contribution in [3.8, 4) is 5.69 Å². The molecule has 3 heterocycles. The molecule has 26 heavy (non-hydrogen) atoms. The van der Waals surface area contributed by atoms with Crippen molar-refractivity contribution in [3.63, 3.8) is 0 Å². The van der Waals surface area contributed by atoms with Gasteiger partial charge in [0.25, 0.3) is 5.91 Å². The van der Waals surface area contributed by atoms with E-state index >= 15 is 0 Å². The third kappa shape index (κ3) is 2.88. The van der Waals surface area contributed by atoms with E-state index in [-0.39, 0.29) is 18.3 Å². The number of amides is 1. The molecule has 0 saturated carbocycles. The molecule has 0 unspecified atom stereocenters. The van der Waals surface area contributed by atoms with Crippen LogP contribution in [0.3, 0.4) is 0 Å². The van der Waals surface area contributed by atoms with E-state index in [1.54, 1.807) is 21.1 Å². The predicted molar refractivity (Wildman–Crippen MR) is 95.1 cm³/mol. The molecular formula is C17H13FN6OS. The molecule has 7 nitrogen and oxygen atoms in total. The Kier molecular flexibility index (Phi) is 4.05. The third-order valence-electron chi connectivity index (χ3n) is 3.89. The molecule has 0 bridgehead atoms. The summed E-state index contributed by atoms with van der Waals surface area (Å²) in [5.41, 5.74) is 1.61. The Hall–Kier alpha value is -3.33. The normalized spacial score (nSPS) is 11.0. The van der Waals surface area contributed by atoms with Gasteiger partial charge in [-0.25, -0.2) is 4.39 Å². The summed E-state index contributed by atoms with van der Waals surface area (Å²) in [6, 6.07) is 11.3. The van der Waals surface area contributed by atoms with Crippen molar-refractivity contribution in [2.45, 2.75) is 6.54 Å². The van der Waals surface area contributed by atoms with Gasteiger partial charge in [-0.1, -0.05) is 6.07 Å². The summed E-state index contributed by atoms with van der Waals surface area (Å²) in [6.07, 6.45) is 3.34. The molecule has 1 amide bonds. The first-order chi connectivity index (χ1) is 12.6. The van der Waals surface area contributed by atoms with Crippen molar-refractivity contribution in [3.05, 3.63) is 77.0 Å². The van der Waals surface area contributed by atoms with Gasteiger partial charge >= 0.3 is 0 Å². The Morgan fingerprint density at radius 3 is 2.81 bits per heavy atom. The van der Waals surface area contributed by atoms with Crippen molar-refractivity contribution in [1.82, 2.24) is 29.5 Å². The maximum Gasteiger partial charge on any atom is 0.270 e. The lowest BCUT2D eigenvalue weighted by Gasteiger charge is -2.08. The lowest BCUT2D eigenvalue weighted by Crippen LogP contribution is -2.26. The Labute approximate surface area is 152 Å². The van der Waals surface area contributed by atoms with Gasteiger partial charge in [0.2, 0.25) is 0 Å². The summed E-state index contributed by atoms with van der Waals surface area (Å²) in [6.45, 7) is 0.200. The van der Waals surface area contributed by atoms with Crippen LogP contribution in [-0.4, -0.2) is 30.1 Å². The van der Waals surface area contributed by atoms with Crippen LogP contribution in [0.15, 0.2) is 54.9 Å². The second-order valence-electron chi connectivity index (χ2n) is 5.52. The number of hydrogen-bond acceptors (Lipinski definition) is 4. The number of nitrogens with zero attached hydrogens (tertiary/aromatic N) is 4. The number of aromatic nitrogens is 5. The summed E-state index contributed by atoms with van der Waals surface area (Å²) in [5.74, 6) is -0.0914. The van der Waals surface area contributed by atoms with Gasteiger partial charge < -0.3 is 10.3 Å². The minimum atomic E-state index is -0.361. The van der Waals surface area contributed by atoms with Crippen LogP contribution in [0, 0.1) is 10.6 Å². The number of imidazole rings is 1. The average Bonchev–Trinajstić information content (AvgIpc) is 3.24. The van der Waals surface area contributed by atoms with Crippen molar-refractivity contribution in [1.29, 1.82) is 0 Å². The van der Waals surface area contributed by atoms with Gasteiger partial charge in [0.1, 0.15) is 11.5 Å². The van der Waals surface area contributed by atoms with Crippen LogP contribution in [0.1, 0.15) is 16.3 Å². The molecule has 4 aromatic rings. The highest BCUT2D eigenvalue weighted by Gasteiger charge is 2.15. The minimum absolute atomic E-state index is 0.200. The molecule has 0 radical (unpaired) electrons. The molecule has 0 aliphatic carbocycles. The van der Waals surface area contributed by atoms with Gasteiger partial charge in [-0.05, 0) is 48.6 Å². The summed E-state index contributed by atoms with van der Waals surface area (Å²) in [5, 5.41) is 10.9. The van der Waals surface area contributed by atoms with Crippen LogP contribution in [0.4, 0.5) is 4.39 Å². The van der Waals surface area contributed by atoms with E-state index in [9.17, 15) is 9.18 Å². The predicted octanol–water partition coefficient (Wildman–Crippen LogP) is 2.65. The monoisotopic (exact) mass is 368 g/mol. The first-order valence-corrected chi connectivity index (χ1v) is 8.17. The van der Waals surface area contributed by atoms with Gasteiger partial charge in [-0.15, -0.1) is 10.2 Å². The fraction of sp³-hybridized carbons (Fsp3) is 0.0588. The summed E-state index contributed by atoms with van der Waals surface area (Å²) in [4.78, 5) is 15.5. The van der Waals surface area contributed by atoms with E-state index in [4.69, 9.17) is 12.2 Å². The van der Waals surface area contributed by atoms with Crippen LogP contribution in [0.25, 0.3) is 11.3 Å². The van der Waals surface area contributed by atoms with E-state index in [0.29, 0.717) is 27.6 Å². The maximum absolute atomic E-state index is 13.2. The number of hydrogen-bond donors (Lipinski definition) is 2. The topological polar surface area (TPSA) is 80.0 Å². The number of halogens is 1. The molecule has 1 aromatic carbocycles. The number of carbonyl (C=O) groups excluding carboxylic acids is 1. The molecule has 0 fully saturated rings. The first-order valence-electron chi connectivity index (χ1n) is 7.77. The summed E-state index contributed by atoms with van der Waals surface area (Å²) >= 11 is 5.24.